The lowest BCUT2D eigenvalue weighted by Crippen LogP contribution is -2.10. The molecule has 2 aliphatic rings. The lowest BCUT2D eigenvalue weighted by molar-refractivity contribution is 0.0591. The van der Waals surface area contributed by atoms with Crippen molar-refractivity contribution >= 4 is 33.7 Å². The third-order valence-electron chi connectivity index (χ3n) is 11.4. The topological polar surface area (TPSA) is 99.2 Å². The summed E-state index contributed by atoms with van der Waals surface area (Å²) in [7, 11) is 1.42. The Kier molecular flexibility index (Phi) is 10.6. The van der Waals surface area contributed by atoms with Gasteiger partial charge in [0.2, 0.25) is 0 Å². The molecule has 10 rings (SSSR count). The molecular formula is C51H46N4O4. The quantitative estimate of drug-likeness (QED) is 0.124. The fourth-order valence-electron chi connectivity index (χ4n) is 7.96. The first kappa shape index (κ1) is 37.8. The largest absolute Gasteiger partial charge is 0.477 e. The van der Waals surface area contributed by atoms with Crippen LogP contribution in [0.15, 0.2) is 146 Å². The second-order valence-corrected chi connectivity index (χ2v) is 15.8. The number of methoxy groups -OCH3 is 1. The number of aromatic carboxylic acids is 1. The van der Waals surface area contributed by atoms with Crippen LogP contribution < -0.4 is 0 Å². The first-order chi connectivity index (χ1) is 28.9. The molecule has 2 aliphatic carbocycles. The van der Waals surface area contributed by atoms with E-state index in [9.17, 15) is 14.7 Å². The van der Waals surface area contributed by atoms with Gasteiger partial charge in [0.1, 0.15) is 0 Å². The molecule has 4 aromatic heterocycles. The third kappa shape index (κ3) is 8.72. The van der Waals surface area contributed by atoms with Crippen LogP contribution in [0.5, 0.6) is 0 Å². The highest BCUT2D eigenvalue weighted by molar-refractivity contribution is 5.89. The summed E-state index contributed by atoms with van der Waals surface area (Å²) >= 11 is 0. The van der Waals surface area contributed by atoms with Gasteiger partial charge in [-0.2, -0.15) is 0 Å². The van der Waals surface area contributed by atoms with Crippen molar-refractivity contribution in [2.24, 2.45) is 0 Å². The number of aromatic nitrogens is 4. The van der Waals surface area contributed by atoms with E-state index in [0.29, 0.717) is 30.4 Å². The molecule has 0 bridgehead atoms. The fraction of sp³-hybridized carbons (Fsp3) is 0.216. The number of fused-ring (bicyclic) bond motifs is 2. The zero-order chi connectivity index (χ0) is 40.3. The van der Waals surface area contributed by atoms with Gasteiger partial charge in [-0.05, 0) is 131 Å². The van der Waals surface area contributed by atoms with Crippen LogP contribution in [0.1, 0.15) is 103 Å². The Morgan fingerprint density at radius 1 is 0.576 bits per heavy atom. The lowest BCUT2D eigenvalue weighted by Gasteiger charge is -2.10. The number of carbonyl (C=O) groups is 2. The van der Waals surface area contributed by atoms with Gasteiger partial charge in [-0.1, -0.05) is 84.9 Å². The van der Waals surface area contributed by atoms with Gasteiger partial charge in [0.05, 0.1) is 7.11 Å². The van der Waals surface area contributed by atoms with Crippen molar-refractivity contribution in [3.05, 3.63) is 202 Å². The smallest absolute Gasteiger partial charge is 0.356 e. The average molecular weight is 779 g/mol. The van der Waals surface area contributed by atoms with Crippen LogP contribution in [0, 0.1) is 0 Å². The van der Waals surface area contributed by atoms with Crippen molar-refractivity contribution in [1.82, 2.24) is 19.1 Å². The summed E-state index contributed by atoms with van der Waals surface area (Å²) in [6.45, 7) is 1.68. The van der Waals surface area contributed by atoms with Gasteiger partial charge >= 0.3 is 11.9 Å². The van der Waals surface area contributed by atoms with Gasteiger partial charge in [-0.3, -0.25) is 0 Å². The normalized spacial score (nSPS) is 13.6. The number of hydrogen-bond acceptors (Lipinski definition) is 5. The fourth-order valence-corrected chi connectivity index (χ4v) is 7.96. The Labute approximate surface area is 343 Å². The van der Waals surface area contributed by atoms with Crippen LogP contribution >= 0.6 is 0 Å². The number of esters is 1. The number of ether oxygens (including phenoxy) is 1. The van der Waals surface area contributed by atoms with E-state index in [1.54, 1.807) is 0 Å². The molecule has 4 aromatic carbocycles. The van der Waals surface area contributed by atoms with E-state index in [2.05, 4.69) is 135 Å². The predicted molar refractivity (Wildman–Crippen MR) is 231 cm³/mol. The summed E-state index contributed by atoms with van der Waals surface area (Å²) in [6, 6.07) is 46.0. The Morgan fingerprint density at radius 3 is 1.47 bits per heavy atom. The van der Waals surface area contributed by atoms with E-state index in [0.717, 1.165) is 77.8 Å². The minimum atomic E-state index is -0.947. The summed E-state index contributed by atoms with van der Waals surface area (Å²) in [5, 5.41) is 12.0. The van der Waals surface area contributed by atoms with Crippen LogP contribution in [-0.4, -0.2) is 43.3 Å². The van der Waals surface area contributed by atoms with E-state index < -0.39 is 5.97 Å². The Morgan fingerprint density at radius 2 is 1.03 bits per heavy atom. The van der Waals surface area contributed by atoms with Gasteiger partial charge in [-0.25, -0.2) is 19.6 Å². The Hall–Kier alpha value is -6.80. The van der Waals surface area contributed by atoms with Crippen LogP contribution in [-0.2, 0) is 30.7 Å². The van der Waals surface area contributed by atoms with E-state index >= 15 is 0 Å². The molecule has 0 aliphatic heterocycles. The van der Waals surface area contributed by atoms with E-state index in [1.165, 1.54) is 34.7 Å². The van der Waals surface area contributed by atoms with Crippen LogP contribution in [0.2, 0.25) is 0 Å². The van der Waals surface area contributed by atoms with Gasteiger partial charge in [0, 0.05) is 59.7 Å². The summed E-state index contributed by atoms with van der Waals surface area (Å²) in [4.78, 5) is 33.1. The molecule has 294 valence electrons. The molecule has 0 amide bonds. The molecule has 0 atom stereocenters. The zero-order valence-corrected chi connectivity index (χ0v) is 33.1. The number of pyridine rings is 2. The van der Waals surface area contributed by atoms with Gasteiger partial charge < -0.3 is 19.0 Å². The highest BCUT2D eigenvalue weighted by Crippen LogP contribution is 2.40. The summed E-state index contributed by atoms with van der Waals surface area (Å²) in [5.74, 6) is -0.355. The Bertz CT molecular complexity index is 2780. The number of hydrogen-bond donors (Lipinski definition) is 1. The van der Waals surface area contributed by atoms with Crippen molar-refractivity contribution in [2.45, 2.75) is 63.5 Å². The second kappa shape index (κ2) is 16.6. The van der Waals surface area contributed by atoms with E-state index in [-0.39, 0.29) is 11.7 Å². The molecule has 2 saturated carbocycles. The molecule has 8 nitrogen and oxygen atoms in total. The number of benzene rings is 4. The van der Waals surface area contributed by atoms with Crippen LogP contribution in [0.4, 0.5) is 0 Å². The highest BCUT2D eigenvalue weighted by Gasteiger charge is 2.28. The van der Waals surface area contributed by atoms with Crippen molar-refractivity contribution in [3.8, 4) is 0 Å². The van der Waals surface area contributed by atoms with Gasteiger partial charge in [0.25, 0.3) is 0 Å². The maximum atomic E-state index is 12.3. The molecule has 1 N–H and O–H groups in total. The summed E-state index contributed by atoms with van der Waals surface area (Å²) < 4.78 is 9.50. The molecule has 0 radical (unpaired) electrons. The minimum absolute atomic E-state index is 0.191. The molecule has 0 saturated heterocycles. The SMILES string of the molecule is COC(=O)c1nc(C2CC2)ccc1Cc1ccc2c(ccn2Cc2ccccc2)c1.O=C(O)c1nc(C2CC2)ccc1Cc1ccc2c(ccn2Cc2ccccc2)c1. The van der Waals surface area contributed by atoms with Gasteiger partial charge in [-0.15, -0.1) is 0 Å². The molecule has 8 aromatic rings. The summed E-state index contributed by atoms with van der Waals surface area (Å²) in [5.41, 5.74) is 11.4. The monoisotopic (exact) mass is 778 g/mol. The Balaban J connectivity index is 0.000000152. The average Bonchev–Trinajstić information content (AvgIpc) is 4.21. The molecular weight excluding hydrogens is 733 g/mol. The number of nitrogens with zero attached hydrogens (tertiary/aromatic N) is 4. The molecule has 4 heterocycles. The summed E-state index contributed by atoms with van der Waals surface area (Å²) in [6.07, 6.45) is 10.0. The lowest BCUT2D eigenvalue weighted by atomic mass is 10.0. The van der Waals surface area contributed by atoms with Crippen LogP contribution in [0.3, 0.4) is 0 Å². The van der Waals surface area contributed by atoms with Crippen molar-refractivity contribution in [1.29, 1.82) is 0 Å². The molecule has 2 fully saturated rings. The molecule has 59 heavy (non-hydrogen) atoms. The van der Waals surface area contributed by atoms with Crippen molar-refractivity contribution < 1.29 is 19.4 Å². The number of carbonyl (C=O) groups excluding carboxylic acids is 1. The molecule has 8 heteroatoms. The molecule has 0 unspecified atom stereocenters. The number of carboxylic acid groups (broad SMARTS) is 1. The van der Waals surface area contributed by atoms with Crippen molar-refractivity contribution in [3.63, 3.8) is 0 Å². The van der Waals surface area contributed by atoms with E-state index in [1.807, 2.05) is 30.3 Å². The maximum Gasteiger partial charge on any atom is 0.356 e. The third-order valence-corrected chi connectivity index (χ3v) is 11.4. The maximum absolute atomic E-state index is 12.3. The number of rotatable bonds is 12. The minimum Gasteiger partial charge on any atom is -0.477 e. The number of carboxylic acids is 1. The highest BCUT2D eigenvalue weighted by atomic mass is 16.5. The van der Waals surface area contributed by atoms with Crippen LogP contribution in [0.25, 0.3) is 21.8 Å². The zero-order valence-electron chi connectivity index (χ0n) is 33.1. The predicted octanol–water partition coefficient (Wildman–Crippen LogP) is 10.6. The standard InChI is InChI=1S/C26H24N2O2.C25H22N2O2/c1-30-26(29)25-22(10-11-23(27-25)20-8-9-20)16-19-7-12-24-21(15-19)13-14-28(24)17-18-5-3-2-4-6-18;28-25(29)24-21(9-10-22(26-24)19-7-8-19)15-18-6-11-23-20(14-18)12-13-27(23)16-17-4-2-1-3-5-17/h2-7,10-15,20H,8-9,16-17H2,1H3;1-6,9-14,19H,7-8,15-16H2,(H,28,29). The first-order valence-corrected chi connectivity index (χ1v) is 20.4. The first-order valence-electron chi connectivity index (χ1n) is 20.4. The second-order valence-electron chi connectivity index (χ2n) is 15.8. The molecule has 0 spiro atoms. The van der Waals surface area contributed by atoms with E-state index in [4.69, 9.17) is 4.74 Å². The van der Waals surface area contributed by atoms with Crippen molar-refractivity contribution in [2.75, 3.05) is 7.11 Å². The van der Waals surface area contributed by atoms with Gasteiger partial charge in [0.15, 0.2) is 11.4 Å².